The number of anilines is 1. The molecule has 0 fully saturated rings. The summed E-state index contributed by atoms with van der Waals surface area (Å²) >= 11 is 16.4. The number of carbonyl (C=O) groups is 2. The first-order valence-electron chi connectivity index (χ1n) is 6.46. The van der Waals surface area contributed by atoms with Crippen molar-refractivity contribution in [3.05, 3.63) is 18.1 Å². The maximum atomic E-state index is 11.8. The number of nitrogens with one attached hydrogen (secondary N) is 1. The molecule has 8 nitrogen and oxygen atoms in total. The van der Waals surface area contributed by atoms with Crippen molar-refractivity contribution >= 4 is 58.3 Å². The zero-order chi connectivity index (χ0) is 18.5. The van der Waals surface area contributed by atoms with Crippen molar-refractivity contribution < 1.29 is 28.7 Å². The second-order valence-corrected chi connectivity index (χ2v) is 7.95. The number of aliphatic hydroxyl groups is 1. The molecular weight excluding hydrogens is 387 g/mol. The quantitative estimate of drug-likeness (QED) is 0.341. The van der Waals surface area contributed by atoms with E-state index in [-0.39, 0.29) is 17.2 Å². The third kappa shape index (κ3) is 7.29. The number of hydrogen-bond acceptors (Lipinski definition) is 7. The third-order valence-electron chi connectivity index (χ3n) is 2.12. The maximum Gasteiger partial charge on any atom is 0.413 e. The van der Waals surface area contributed by atoms with Gasteiger partial charge in [0.25, 0.3) is 0 Å². The van der Waals surface area contributed by atoms with E-state index in [1.807, 2.05) is 0 Å². The van der Waals surface area contributed by atoms with E-state index in [0.29, 0.717) is 6.26 Å². The fourth-order valence-corrected chi connectivity index (χ4v) is 1.47. The summed E-state index contributed by atoms with van der Waals surface area (Å²) in [5.74, 6) is -1.21. The highest BCUT2D eigenvalue weighted by Gasteiger charge is 2.26. The number of carbonyl (C=O) groups excluding carboxylic acids is 2. The lowest BCUT2D eigenvalue weighted by atomic mass is 10.2. The van der Waals surface area contributed by atoms with Gasteiger partial charge in [0.05, 0.1) is 6.26 Å². The Balaban J connectivity index is 2.75. The van der Waals surface area contributed by atoms with Crippen LogP contribution in [0.1, 0.15) is 26.5 Å². The smallest absolute Gasteiger partial charge is 0.413 e. The summed E-state index contributed by atoms with van der Waals surface area (Å²) in [5, 5.41) is 15.0. The Labute approximate surface area is 152 Å². The van der Waals surface area contributed by atoms with E-state index < -0.39 is 28.1 Å². The number of halogens is 3. The van der Waals surface area contributed by atoms with Gasteiger partial charge in [-0.25, -0.2) is 9.59 Å². The van der Waals surface area contributed by atoms with Crippen LogP contribution >= 0.6 is 34.8 Å². The molecule has 0 aromatic carbocycles. The van der Waals surface area contributed by atoms with Crippen LogP contribution in [-0.4, -0.2) is 38.3 Å². The fraction of sp³-hybridized carbons (Fsp3) is 0.462. The summed E-state index contributed by atoms with van der Waals surface area (Å²) in [5.41, 5.74) is -1.08. The standard InChI is InChI=1S/C13H15Cl3N2O6/c1-12(2,3)23-11(21)17-9-4-8(24-18-9)7(5-19)10(20)22-6-13(14,15)16/h4-5,19H,6H2,1-3H3,(H,17,18,21). The number of nitrogens with zero attached hydrogens (tertiary/aromatic N) is 1. The molecule has 0 spiro atoms. The average molecular weight is 402 g/mol. The van der Waals surface area contributed by atoms with Gasteiger partial charge >= 0.3 is 12.1 Å². The SMILES string of the molecule is CC(C)(C)OC(=O)Nc1cc(C(=CO)C(=O)OCC(Cl)(Cl)Cl)on1. The predicted molar refractivity (Wildman–Crippen MR) is 88.2 cm³/mol. The van der Waals surface area contributed by atoms with Crippen molar-refractivity contribution in [2.75, 3.05) is 11.9 Å². The lowest BCUT2D eigenvalue weighted by Gasteiger charge is -2.18. The Bertz CT molecular complexity index is 630. The van der Waals surface area contributed by atoms with Crippen molar-refractivity contribution in [3.8, 4) is 0 Å². The number of hydrogen-bond donors (Lipinski definition) is 2. The van der Waals surface area contributed by atoms with E-state index in [1.165, 1.54) is 6.07 Å². The molecule has 0 saturated heterocycles. The summed E-state index contributed by atoms with van der Waals surface area (Å²) in [7, 11) is 0. The van der Waals surface area contributed by atoms with Crippen LogP contribution in [0.15, 0.2) is 16.9 Å². The topological polar surface area (TPSA) is 111 Å². The molecule has 0 unspecified atom stereocenters. The number of aromatic nitrogens is 1. The van der Waals surface area contributed by atoms with Gasteiger partial charge in [-0.05, 0) is 20.8 Å². The fourth-order valence-electron chi connectivity index (χ4n) is 1.31. The largest absolute Gasteiger partial charge is 0.515 e. The van der Waals surface area contributed by atoms with Gasteiger partial charge in [-0.2, -0.15) is 0 Å². The minimum Gasteiger partial charge on any atom is -0.515 e. The lowest BCUT2D eigenvalue weighted by Crippen LogP contribution is -2.27. The minimum atomic E-state index is -1.80. The first-order chi connectivity index (χ1) is 10.9. The Morgan fingerprint density at radius 2 is 2.00 bits per heavy atom. The molecule has 1 rings (SSSR count). The second-order valence-electron chi connectivity index (χ2n) is 5.44. The summed E-state index contributed by atoms with van der Waals surface area (Å²) in [6.07, 6.45) is -0.325. The van der Waals surface area contributed by atoms with Gasteiger partial charge in [0.15, 0.2) is 11.6 Å². The van der Waals surface area contributed by atoms with Crippen LogP contribution < -0.4 is 5.32 Å². The Hall–Kier alpha value is -1.64. The molecule has 11 heteroatoms. The van der Waals surface area contributed by atoms with Crippen LogP contribution in [0.4, 0.5) is 10.6 Å². The molecule has 1 amide bonds. The van der Waals surface area contributed by atoms with Crippen molar-refractivity contribution in [2.24, 2.45) is 0 Å². The number of amides is 1. The molecule has 0 aliphatic rings. The average Bonchev–Trinajstić information content (AvgIpc) is 2.82. The highest BCUT2D eigenvalue weighted by Crippen LogP contribution is 2.27. The van der Waals surface area contributed by atoms with E-state index in [2.05, 4.69) is 10.5 Å². The first kappa shape index (κ1) is 20.4. The van der Waals surface area contributed by atoms with Crippen LogP contribution in [0.3, 0.4) is 0 Å². The van der Waals surface area contributed by atoms with E-state index in [0.717, 1.165) is 0 Å². The van der Waals surface area contributed by atoms with Crippen LogP contribution in [0.5, 0.6) is 0 Å². The monoisotopic (exact) mass is 400 g/mol. The number of ether oxygens (including phenoxy) is 2. The van der Waals surface area contributed by atoms with Gasteiger partial charge in [-0.3, -0.25) is 5.32 Å². The zero-order valence-corrected chi connectivity index (χ0v) is 15.2. The van der Waals surface area contributed by atoms with Crippen molar-refractivity contribution in [3.63, 3.8) is 0 Å². The van der Waals surface area contributed by atoms with Crippen molar-refractivity contribution in [1.29, 1.82) is 0 Å². The number of aliphatic hydroxyl groups excluding tert-OH is 1. The summed E-state index contributed by atoms with van der Waals surface area (Å²) in [6, 6.07) is 1.18. The summed E-state index contributed by atoms with van der Waals surface area (Å²) in [6.45, 7) is 4.53. The Kier molecular flexibility index (Phi) is 6.76. The molecule has 2 N–H and O–H groups in total. The molecule has 0 aliphatic carbocycles. The Morgan fingerprint density at radius 1 is 1.38 bits per heavy atom. The lowest BCUT2D eigenvalue weighted by molar-refractivity contribution is -0.136. The molecule has 1 aromatic heterocycles. The summed E-state index contributed by atoms with van der Waals surface area (Å²) in [4.78, 5) is 23.4. The van der Waals surface area contributed by atoms with Crippen LogP contribution in [0.2, 0.25) is 0 Å². The van der Waals surface area contributed by atoms with Gasteiger partial charge in [0.1, 0.15) is 17.8 Å². The molecule has 0 radical (unpaired) electrons. The predicted octanol–water partition coefficient (Wildman–Crippen LogP) is 3.83. The third-order valence-corrected chi connectivity index (χ3v) is 2.45. The molecule has 0 aliphatic heterocycles. The molecule has 1 heterocycles. The molecule has 134 valence electrons. The van der Waals surface area contributed by atoms with Crippen LogP contribution in [0.25, 0.3) is 5.57 Å². The van der Waals surface area contributed by atoms with Gasteiger partial charge in [0, 0.05) is 6.07 Å². The number of esters is 1. The number of alkyl halides is 3. The first-order valence-corrected chi connectivity index (χ1v) is 7.60. The number of rotatable bonds is 4. The highest BCUT2D eigenvalue weighted by atomic mass is 35.6. The van der Waals surface area contributed by atoms with Gasteiger partial charge in [-0.1, -0.05) is 40.0 Å². The highest BCUT2D eigenvalue weighted by molar-refractivity contribution is 6.67. The molecule has 0 atom stereocenters. The van der Waals surface area contributed by atoms with Crippen molar-refractivity contribution in [1.82, 2.24) is 5.16 Å². The zero-order valence-electron chi connectivity index (χ0n) is 12.9. The van der Waals surface area contributed by atoms with E-state index >= 15 is 0 Å². The van der Waals surface area contributed by atoms with Gasteiger partial charge < -0.3 is 19.1 Å². The van der Waals surface area contributed by atoms with Crippen molar-refractivity contribution in [2.45, 2.75) is 30.2 Å². The van der Waals surface area contributed by atoms with E-state index in [1.54, 1.807) is 20.8 Å². The Morgan fingerprint density at radius 3 is 2.50 bits per heavy atom. The van der Waals surface area contributed by atoms with Crippen LogP contribution in [0, 0.1) is 0 Å². The van der Waals surface area contributed by atoms with Gasteiger partial charge in [-0.15, -0.1) is 0 Å². The minimum absolute atomic E-state index is 0.0345. The van der Waals surface area contributed by atoms with E-state index in [9.17, 15) is 9.59 Å². The molecule has 0 saturated carbocycles. The molecular formula is C13H15Cl3N2O6. The molecule has 24 heavy (non-hydrogen) atoms. The molecule has 1 aromatic rings. The second kappa shape index (κ2) is 7.96. The van der Waals surface area contributed by atoms with E-state index in [4.69, 9.17) is 53.9 Å². The normalized spacial score (nSPS) is 12.7. The maximum absolute atomic E-state index is 11.8. The van der Waals surface area contributed by atoms with Gasteiger partial charge in [0.2, 0.25) is 3.79 Å². The summed E-state index contributed by atoms with van der Waals surface area (Å²) < 4.78 is 12.8. The van der Waals surface area contributed by atoms with Crippen LogP contribution in [-0.2, 0) is 14.3 Å². The molecule has 0 bridgehead atoms.